The zero-order chi connectivity index (χ0) is 21.8. The minimum Gasteiger partial charge on any atom is -0.211 e. The summed E-state index contributed by atoms with van der Waals surface area (Å²) in [6, 6.07) is 10.3. The summed E-state index contributed by atoms with van der Waals surface area (Å²) in [4.78, 5) is 0.570. The minimum atomic E-state index is -3.61. The van der Waals surface area contributed by atoms with Crippen LogP contribution in [0.1, 0.15) is 36.1 Å². The topological polar surface area (TPSA) is 83.6 Å². The predicted octanol–water partition coefficient (Wildman–Crippen LogP) is 3.16. The lowest BCUT2D eigenvalue weighted by molar-refractivity contribution is 0.445. The van der Waals surface area contributed by atoms with Gasteiger partial charge in [-0.3, -0.25) is 0 Å². The van der Waals surface area contributed by atoms with E-state index in [9.17, 15) is 16.8 Å². The van der Waals surface area contributed by atoms with Crippen LogP contribution in [0.3, 0.4) is 0 Å². The minimum absolute atomic E-state index is 0.233. The van der Waals surface area contributed by atoms with E-state index in [1.165, 1.54) is 4.31 Å². The van der Waals surface area contributed by atoms with E-state index < -0.39 is 20.0 Å². The normalized spacial score (nSPS) is 12.5. The Morgan fingerprint density at radius 2 is 1.38 bits per heavy atom. The molecule has 0 unspecified atom stereocenters. The molecule has 1 N–H and O–H groups in total. The van der Waals surface area contributed by atoms with Crippen LogP contribution in [0.15, 0.2) is 46.2 Å². The zero-order valence-corrected chi connectivity index (χ0v) is 19.3. The third-order valence-electron chi connectivity index (χ3n) is 4.85. The van der Waals surface area contributed by atoms with Gasteiger partial charge in [0.05, 0.1) is 9.79 Å². The van der Waals surface area contributed by atoms with Gasteiger partial charge in [-0.15, -0.1) is 0 Å². The Balaban J connectivity index is 2.08. The average molecular weight is 439 g/mol. The molecule has 0 heterocycles. The van der Waals surface area contributed by atoms with Gasteiger partial charge in [-0.2, -0.15) is 4.31 Å². The van der Waals surface area contributed by atoms with Crippen LogP contribution in [-0.4, -0.2) is 40.8 Å². The van der Waals surface area contributed by atoms with E-state index in [1.807, 2.05) is 19.1 Å². The highest BCUT2D eigenvalue weighted by Crippen LogP contribution is 2.21. The molecule has 0 aromatic heterocycles. The summed E-state index contributed by atoms with van der Waals surface area (Å²) in [5, 5.41) is 0. The van der Waals surface area contributed by atoms with Crippen LogP contribution in [0.2, 0.25) is 0 Å². The van der Waals surface area contributed by atoms with Crippen LogP contribution >= 0.6 is 0 Å². The van der Waals surface area contributed by atoms with Gasteiger partial charge in [0.1, 0.15) is 0 Å². The summed E-state index contributed by atoms with van der Waals surface area (Å²) in [6.45, 7) is 10.2. The summed E-state index contributed by atoms with van der Waals surface area (Å²) in [6.07, 6.45) is 0.467. The second-order valence-electron chi connectivity index (χ2n) is 7.11. The van der Waals surface area contributed by atoms with Crippen LogP contribution in [0.4, 0.5) is 0 Å². The largest absolute Gasteiger partial charge is 0.243 e. The maximum Gasteiger partial charge on any atom is 0.243 e. The second-order valence-corrected chi connectivity index (χ2v) is 10.8. The molecule has 2 aromatic rings. The summed E-state index contributed by atoms with van der Waals surface area (Å²) in [7, 11) is -7.10. The van der Waals surface area contributed by atoms with E-state index in [4.69, 9.17) is 0 Å². The van der Waals surface area contributed by atoms with Gasteiger partial charge in [-0.05, 0) is 56.0 Å². The Morgan fingerprint density at radius 1 is 0.862 bits per heavy atom. The van der Waals surface area contributed by atoms with Gasteiger partial charge in [-0.25, -0.2) is 21.6 Å². The summed E-state index contributed by atoms with van der Waals surface area (Å²) >= 11 is 0. The lowest BCUT2D eigenvalue weighted by Crippen LogP contribution is -2.30. The molecule has 29 heavy (non-hydrogen) atoms. The number of benzene rings is 2. The van der Waals surface area contributed by atoms with Crippen molar-refractivity contribution >= 4 is 20.0 Å². The predicted molar refractivity (Wildman–Crippen MR) is 116 cm³/mol. The Hall–Kier alpha value is -1.74. The van der Waals surface area contributed by atoms with Crippen LogP contribution < -0.4 is 4.72 Å². The van der Waals surface area contributed by atoms with Crippen LogP contribution in [0.25, 0.3) is 0 Å². The fraction of sp³-hybridized carbons (Fsp3) is 0.429. The fourth-order valence-electron chi connectivity index (χ4n) is 3.53. The smallest absolute Gasteiger partial charge is 0.211 e. The molecule has 0 saturated carbocycles. The van der Waals surface area contributed by atoms with Crippen molar-refractivity contribution in [2.24, 2.45) is 0 Å². The summed E-state index contributed by atoms with van der Waals surface area (Å²) in [5.74, 6) is 0. The SMILES string of the molecule is CCN(CC)S(=O)(=O)c1ccc(CCNS(=O)(=O)c2c(C)cc(C)cc2C)cc1. The Labute approximate surface area is 175 Å². The van der Waals surface area contributed by atoms with Gasteiger partial charge in [0.2, 0.25) is 20.0 Å². The van der Waals surface area contributed by atoms with E-state index in [-0.39, 0.29) is 11.4 Å². The number of hydrogen-bond acceptors (Lipinski definition) is 4. The standard InChI is InChI=1S/C21H30N2O4S2/c1-6-23(7-2)29(26,27)20-10-8-19(9-11-20)12-13-22-28(24,25)21-17(4)14-16(3)15-18(21)5/h8-11,14-15,22H,6-7,12-13H2,1-5H3. The number of nitrogens with zero attached hydrogens (tertiary/aromatic N) is 1. The Morgan fingerprint density at radius 3 is 1.86 bits per heavy atom. The number of rotatable bonds is 9. The molecule has 6 nitrogen and oxygen atoms in total. The van der Waals surface area contributed by atoms with Gasteiger partial charge in [-0.1, -0.05) is 43.7 Å². The van der Waals surface area contributed by atoms with E-state index in [1.54, 1.807) is 52.0 Å². The molecule has 0 bridgehead atoms. The monoisotopic (exact) mass is 438 g/mol. The summed E-state index contributed by atoms with van der Waals surface area (Å²) in [5.41, 5.74) is 3.34. The first-order chi connectivity index (χ1) is 13.5. The van der Waals surface area contributed by atoms with Crippen LogP contribution in [0.5, 0.6) is 0 Å². The fourth-order valence-corrected chi connectivity index (χ4v) is 6.47. The van der Waals surface area contributed by atoms with Gasteiger partial charge < -0.3 is 0 Å². The van der Waals surface area contributed by atoms with Gasteiger partial charge in [0.25, 0.3) is 0 Å². The molecule has 2 aromatic carbocycles. The molecular formula is C21H30N2O4S2. The average Bonchev–Trinajstić information content (AvgIpc) is 2.61. The molecule has 0 fully saturated rings. The molecule has 0 aliphatic rings. The van der Waals surface area contributed by atoms with Crippen molar-refractivity contribution in [3.8, 4) is 0 Å². The molecule has 0 radical (unpaired) electrons. The van der Waals surface area contributed by atoms with Crippen LogP contribution in [0, 0.1) is 20.8 Å². The van der Waals surface area contributed by atoms with Gasteiger partial charge in [0, 0.05) is 19.6 Å². The molecular weight excluding hydrogens is 408 g/mol. The third-order valence-corrected chi connectivity index (χ3v) is 8.68. The van der Waals surface area contributed by atoms with Crippen molar-refractivity contribution < 1.29 is 16.8 Å². The van der Waals surface area contributed by atoms with Gasteiger partial charge >= 0.3 is 0 Å². The maximum absolute atomic E-state index is 12.7. The lowest BCUT2D eigenvalue weighted by atomic mass is 10.1. The number of sulfonamides is 2. The first-order valence-electron chi connectivity index (χ1n) is 9.69. The maximum atomic E-state index is 12.7. The molecule has 0 aliphatic heterocycles. The van der Waals surface area contributed by atoms with E-state index in [2.05, 4.69) is 4.72 Å². The third kappa shape index (κ3) is 5.45. The van der Waals surface area contributed by atoms with Gasteiger partial charge in [0.15, 0.2) is 0 Å². The highest BCUT2D eigenvalue weighted by atomic mass is 32.2. The Bertz CT molecular complexity index is 1030. The summed E-state index contributed by atoms with van der Waals surface area (Å²) < 4.78 is 54.5. The van der Waals surface area contributed by atoms with Crippen molar-refractivity contribution in [3.63, 3.8) is 0 Å². The molecule has 160 valence electrons. The molecule has 0 aliphatic carbocycles. The van der Waals surface area contributed by atoms with Crippen molar-refractivity contribution in [1.82, 2.24) is 9.03 Å². The first kappa shape index (κ1) is 23.5. The quantitative estimate of drug-likeness (QED) is 0.652. The van der Waals surface area contributed by atoms with Crippen molar-refractivity contribution in [2.75, 3.05) is 19.6 Å². The number of nitrogens with one attached hydrogen (secondary N) is 1. The van der Waals surface area contributed by atoms with E-state index in [0.29, 0.717) is 24.4 Å². The molecule has 0 spiro atoms. The molecule has 0 atom stereocenters. The van der Waals surface area contributed by atoms with Crippen molar-refractivity contribution in [2.45, 2.75) is 50.8 Å². The molecule has 0 saturated heterocycles. The van der Waals surface area contributed by atoms with Crippen molar-refractivity contribution in [3.05, 3.63) is 58.7 Å². The van der Waals surface area contributed by atoms with E-state index in [0.717, 1.165) is 22.3 Å². The highest BCUT2D eigenvalue weighted by Gasteiger charge is 2.22. The second kappa shape index (κ2) is 9.38. The lowest BCUT2D eigenvalue weighted by Gasteiger charge is -2.18. The molecule has 0 amide bonds. The number of aryl methyl sites for hydroxylation is 3. The first-order valence-corrected chi connectivity index (χ1v) is 12.6. The number of hydrogen-bond donors (Lipinski definition) is 1. The van der Waals surface area contributed by atoms with Crippen LogP contribution in [-0.2, 0) is 26.5 Å². The van der Waals surface area contributed by atoms with Crippen molar-refractivity contribution in [1.29, 1.82) is 0 Å². The van der Waals surface area contributed by atoms with E-state index >= 15 is 0 Å². The zero-order valence-electron chi connectivity index (χ0n) is 17.7. The Kier molecular flexibility index (Phi) is 7.62. The highest BCUT2D eigenvalue weighted by molar-refractivity contribution is 7.89. The molecule has 8 heteroatoms. The molecule has 2 rings (SSSR count).